The Kier molecular flexibility index (Phi) is 8.14. The molecule has 5 rings (SSSR count). The molecule has 4 atom stereocenters. The van der Waals surface area contributed by atoms with Crippen LogP contribution in [0.15, 0.2) is 102 Å². The number of nitrogens with zero attached hydrogens (tertiary/aromatic N) is 1. The Morgan fingerprint density at radius 1 is 0.950 bits per heavy atom. The lowest BCUT2D eigenvalue weighted by Gasteiger charge is -2.28. The number of aliphatic carboxylic acids is 1. The highest BCUT2D eigenvalue weighted by Gasteiger charge is 2.56. The van der Waals surface area contributed by atoms with Gasteiger partial charge < -0.3 is 15.3 Å². The van der Waals surface area contributed by atoms with E-state index in [0.29, 0.717) is 16.3 Å². The van der Waals surface area contributed by atoms with Crippen LogP contribution in [0.25, 0.3) is 6.08 Å². The van der Waals surface area contributed by atoms with Crippen LogP contribution in [0.5, 0.6) is 0 Å². The van der Waals surface area contributed by atoms with E-state index >= 15 is 0 Å². The number of ketones is 1. The molecule has 2 amide bonds. The maximum atomic E-state index is 14.2. The van der Waals surface area contributed by atoms with Crippen molar-refractivity contribution < 1.29 is 19.5 Å². The van der Waals surface area contributed by atoms with E-state index in [1.807, 2.05) is 79.0 Å². The highest BCUT2D eigenvalue weighted by molar-refractivity contribution is 7.10. The second kappa shape index (κ2) is 11.9. The molecule has 1 saturated heterocycles. The number of urea groups is 1. The summed E-state index contributed by atoms with van der Waals surface area (Å²) in [5.74, 6) is -3.11. The maximum absolute atomic E-state index is 14.2. The average Bonchev–Trinajstić information content (AvgIpc) is 3.58. The summed E-state index contributed by atoms with van der Waals surface area (Å²) < 4.78 is 0. The number of thiophene rings is 1. The topological polar surface area (TPSA) is 86.7 Å². The van der Waals surface area contributed by atoms with Gasteiger partial charge in [0, 0.05) is 27.1 Å². The molecule has 1 aromatic heterocycles. The zero-order valence-corrected chi connectivity index (χ0v) is 23.2. The molecule has 0 aliphatic carbocycles. The third-order valence-electron chi connectivity index (χ3n) is 7.04. The second-order valence-corrected chi connectivity index (χ2v) is 11.1. The molecule has 40 heavy (non-hydrogen) atoms. The summed E-state index contributed by atoms with van der Waals surface area (Å²) >= 11 is 7.61. The zero-order chi connectivity index (χ0) is 28.2. The van der Waals surface area contributed by atoms with Crippen LogP contribution in [0, 0.1) is 12.8 Å². The van der Waals surface area contributed by atoms with Crippen LogP contribution in [0.3, 0.4) is 0 Å². The van der Waals surface area contributed by atoms with Crippen molar-refractivity contribution in [3.8, 4) is 0 Å². The van der Waals surface area contributed by atoms with Crippen molar-refractivity contribution in [2.24, 2.45) is 5.92 Å². The van der Waals surface area contributed by atoms with Crippen LogP contribution in [-0.4, -0.2) is 39.9 Å². The molecule has 8 heteroatoms. The largest absolute Gasteiger partial charge is 0.480 e. The number of aryl methyl sites for hydroxylation is 1. The molecule has 202 valence electrons. The van der Waals surface area contributed by atoms with Gasteiger partial charge in [-0.15, -0.1) is 11.3 Å². The van der Waals surface area contributed by atoms with E-state index in [9.17, 15) is 19.5 Å². The third-order valence-corrected chi connectivity index (χ3v) is 8.25. The Morgan fingerprint density at radius 2 is 1.73 bits per heavy atom. The number of rotatable bonds is 7. The molecule has 0 radical (unpaired) electrons. The molecular weight excluding hydrogens is 544 g/mol. The molecule has 2 N–H and O–H groups in total. The monoisotopic (exact) mass is 570 g/mol. The number of nitrogens with one attached hydrogen (secondary N) is 1. The quantitative estimate of drug-likeness (QED) is 0.227. The predicted octanol–water partition coefficient (Wildman–Crippen LogP) is 7.38. The molecule has 1 fully saturated rings. The number of carboxylic acid groups (broad SMARTS) is 1. The van der Waals surface area contributed by atoms with Crippen LogP contribution in [0.4, 0.5) is 10.5 Å². The van der Waals surface area contributed by atoms with Gasteiger partial charge in [-0.25, -0.2) is 9.59 Å². The number of likely N-dealkylation sites (tertiary alicyclic amines) is 1. The van der Waals surface area contributed by atoms with Gasteiger partial charge in [-0.2, -0.15) is 0 Å². The number of anilines is 1. The minimum atomic E-state index is -1.29. The summed E-state index contributed by atoms with van der Waals surface area (Å²) in [6.45, 7) is 1.91. The van der Waals surface area contributed by atoms with E-state index in [1.54, 1.807) is 36.4 Å². The third kappa shape index (κ3) is 5.71. The van der Waals surface area contributed by atoms with Crippen molar-refractivity contribution in [3.63, 3.8) is 0 Å². The molecule has 0 spiro atoms. The average molecular weight is 571 g/mol. The fourth-order valence-corrected chi connectivity index (χ4v) is 6.43. The van der Waals surface area contributed by atoms with Gasteiger partial charge in [-0.1, -0.05) is 84.4 Å². The fraction of sp³-hybridized carbons (Fsp3) is 0.156. The van der Waals surface area contributed by atoms with Crippen LogP contribution in [-0.2, 0) is 4.79 Å². The van der Waals surface area contributed by atoms with E-state index in [4.69, 9.17) is 11.6 Å². The van der Waals surface area contributed by atoms with Crippen molar-refractivity contribution in [1.82, 2.24) is 4.90 Å². The Labute approximate surface area is 241 Å². The molecule has 4 unspecified atom stereocenters. The number of benzene rings is 3. The Morgan fingerprint density at radius 3 is 2.40 bits per heavy atom. The molecule has 4 aromatic rings. The molecule has 0 saturated carbocycles. The number of hydrogen-bond donors (Lipinski definition) is 2. The first-order chi connectivity index (χ1) is 19.3. The molecule has 3 aromatic carbocycles. The van der Waals surface area contributed by atoms with Gasteiger partial charge in [0.15, 0.2) is 5.78 Å². The number of amides is 2. The number of halogens is 1. The van der Waals surface area contributed by atoms with Gasteiger partial charge in [0.1, 0.15) is 6.04 Å². The minimum Gasteiger partial charge on any atom is -0.480 e. The normalized spacial score (nSPS) is 20.5. The molecule has 2 heterocycles. The zero-order valence-electron chi connectivity index (χ0n) is 21.6. The van der Waals surface area contributed by atoms with E-state index in [2.05, 4.69) is 5.32 Å². The molecule has 1 aliphatic rings. The van der Waals surface area contributed by atoms with Crippen LogP contribution in [0.2, 0.25) is 5.02 Å². The standard InChI is InChI=1S/C32H27ClN2O4S/c1-20-8-5-13-24(18-20)34-32(39)35-25(16-15-21-9-3-2-4-10-21)27(30(36)22-11-6-12-23(33)19-22)28(29(35)31(37)38)26-14-7-17-40-26/h2-19,25,27-29H,1H3,(H,34,39)(H,37,38). The summed E-state index contributed by atoms with van der Waals surface area (Å²) in [6, 6.07) is 24.3. The van der Waals surface area contributed by atoms with Gasteiger partial charge in [0.05, 0.1) is 12.0 Å². The summed E-state index contributed by atoms with van der Waals surface area (Å²) in [4.78, 5) is 43.1. The van der Waals surface area contributed by atoms with Crippen molar-refractivity contribution in [2.75, 3.05) is 5.32 Å². The van der Waals surface area contributed by atoms with Gasteiger partial charge in [-0.05, 0) is 53.8 Å². The van der Waals surface area contributed by atoms with Gasteiger partial charge >= 0.3 is 12.0 Å². The molecule has 6 nitrogen and oxygen atoms in total. The fourth-order valence-electron chi connectivity index (χ4n) is 5.34. The Bertz CT molecular complexity index is 1550. The van der Waals surface area contributed by atoms with Gasteiger partial charge in [0.2, 0.25) is 0 Å². The SMILES string of the molecule is Cc1cccc(NC(=O)N2C(C=Cc3ccccc3)C(C(=O)c3cccc(Cl)c3)C(c3cccs3)C2C(=O)O)c1. The van der Waals surface area contributed by atoms with Crippen LogP contribution < -0.4 is 5.32 Å². The number of carboxylic acids is 1. The Hall–Kier alpha value is -4.20. The molecule has 1 aliphatic heterocycles. The van der Waals surface area contributed by atoms with Crippen molar-refractivity contribution in [3.05, 3.63) is 129 Å². The number of hydrogen-bond acceptors (Lipinski definition) is 4. The highest BCUT2D eigenvalue weighted by Crippen LogP contribution is 2.46. The highest BCUT2D eigenvalue weighted by atomic mass is 35.5. The van der Waals surface area contributed by atoms with Crippen molar-refractivity contribution in [1.29, 1.82) is 0 Å². The molecule has 0 bridgehead atoms. The van der Waals surface area contributed by atoms with E-state index in [-0.39, 0.29) is 5.78 Å². The number of carbonyl (C=O) groups is 3. The first-order valence-corrected chi connectivity index (χ1v) is 14.0. The van der Waals surface area contributed by atoms with E-state index in [1.165, 1.54) is 16.2 Å². The minimum absolute atomic E-state index is 0.277. The number of carbonyl (C=O) groups excluding carboxylic acids is 2. The maximum Gasteiger partial charge on any atom is 0.327 e. The van der Waals surface area contributed by atoms with Gasteiger partial charge in [-0.3, -0.25) is 4.79 Å². The Balaban J connectivity index is 1.66. The van der Waals surface area contributed by atoms with E-state index in [0.717, 1.165) is 16.0 Å². The first kappa shape index (κ1) is 27.4. The van der Waals surface area contributed by atoms with Crippen LogP contribution >= 0.6 is 22.9 Å². The summed E-state index contributed by atoms with van der Waals surface area (Å²) in [6.07, 6.45) is 3.59. The lowest BCUT2D eigenvalue weighted by Crippen LogP contribution is -2.48. The first-order valence-electron chi connectivity index (χ1n) is 12.8. The smallest absolute Gasteiger partial charge is 0.327 e. The van der Waals surface area contributed by atoms with Crippen LogP contribution in [0.1, 0.15) is 32.3 Å². The van der Waals surface area contributed by atoms with Crippen molar-refractivity contribution >= 4 is 52.5 Å². The second-order valence-electron chi connectivity index (χ2n) is 9.69. The number of Topliss-reactive ketones (excluding diaryl/α,β-unsaturated/α-hetero) is 1. The summed E-state index contributed by atoms with van der Waals surface area (Å²) in [5, 5.41) is 15.7. The van der Waals surface area contributed by atoms with Gasteiger partial charge in [0.25, 0.3) is 0 Å². The lowest BCUT2D eigenvalue weighted by molar-refractivity contribution is -0.141. The summed E-state index contributed by atoms with van der Waals surface area (Å²) in [5.41, 5.74) is 2.71. The lowest BCUT2D eigenvalue weighted by atomic mass is 9.80. The van der Waals surface area contributed by atoms with Crippen molar-refractivity contribution in [2.45, 2.75) is 24.9 Å². The molecular formula is C32H27ClN2O4S. The predicted molar refractivity (Wildman–Crippen MR) is 159 cm³/mol. The summed E-state index contributed by atoms with van der Waals surface area (Å²) in [7, 11) is 0. The van der Waals surface area contributed by atoms with E-state index < -0.39 is 35.9 Å².